The van der Waals surface area contributed by atoms with Crippen LogP contribution in [0.25, 0.3) is 10.8 Å². The summed E-state index contributed by atoms with van der Waals surface area (Å²) < 4.78 is 38.2. The Balaban J connectivity index is 2.61. The molecule has 0 saturated carbocycles. The van der Waals surface area contributed by atoms with E-state index in [4.69, 9.17) is 10.8 Å². The molecule has 0 bridgehead atoms. The fourth-order valence-electron chi connectivity index (χ4n) is 1.76. The van der Waals surface area contributed by atoms with E-state index in [0.29, 0.717) is 10.9 Å². The minimum absolute atomic E-state index is 0.0754. The number of rotatable bonds is 2. The van der Waals surface area contributed by atoms with E-state index in [9.17, 15) is 13.2 Å². The van der Waals surface area contributed by atoms with Crippen molar-refractivity contribution in [1.29, 1.82) is 0 Å². The molecule has 0 aliphatic carbocycles. The molecule has 0 fully saturated rings. The summed E-state index contributed by atoms with van der Waals surface area (Å²) >= 11 is 0. The monoisotopic (exact) mass is 256 g/mol. The number of hydrogen-bond donors (Lipinski definition) is 2. The summed E-state index contributed by atoms with van der Waals surface area (Å²) in [5.41, 5.74) is 5.42. The SMILES string of the molecule is NC(CO)c1ccc2c(C(F)(F)F)cncc2c1. The molecule has 0 radical (unpaired) electrons. The molecule has 2 rings (SSSR count). The van der Waals surface area contributed by atoms with E-state index < -0.39 is 17.8 Å². The van der Waals surface area contributed by atoms with Crippen molar-refractivity contribution in [3.63, 3.8) is 0 Å². The summed E-state index contributed by atoms with van der Waals surface area (Å²) in [6.45, 7) is -0.266. The molecule has 0 aliphatic heterocycles. The number of halogens is 3. The van der Waals surface area contributed by atoms with Crippen LogP contribution in [0.1, 0.15) is 17.2 Å². The lowest BCUT2D eigenvalue weighted by molar-refractivity contribution is -0.136. The number of aliphatic hydroxyl groups is 1. The van der Waals surface area contributed by atoms with Crippen LogP contribution >= 0.6 is 0 Å². The standard InChI is InChI=1S/C12H11F3N2O/c13-12(14,15)10-5-17-4-8-3-7(11(16)6-18)1-2-9(8)10/h1-5,11,18H,6,16H2. The van der Waals surface area contributed by atoms with Crippen LogP contribution in [0.2, 0.25) is 0 Å². The van der Waals surface area contributed by atoms with Crippen LogP contribution in [0.4, 0.5) is 13.2 Å². The molecular weight excluding hydrogens is 245 g/mol. The van der Waals surface area contributed by atoms with Gasteiger partial charge in [0.2, 0.25) is 0 Å². The zero-order chi connectivity index (χ0) is 13.3. The molecule has 2 aromatic rings. The van der Waals surface area contributed by atoms with Gasteiger partial charge in [-0.2, -0.15) is 13.2 Å². The van der Waals surface area contributed by atoms with Crippen molar-refractivity contribution in [3.8, 4) is 0 Å². The van der Waals surface area contributed by atoms with Crippen molar-refractivity contribution >= 4 is 10.8 Å². The highest BCUT2D eigenvalue weighted by Gasteiger charge is 2.32. The lowest BCUT2D eigenvalue weighted by atomic mass is 10.0. The molecule has 6 heteroatoms. The Morgan fingerprint density at radius 1 is 1.28 bits per heavy atom. The molecule has 3 nitrogen and oxygen atoms in total. The van der Waals surface area contributed by atoms with Gasteiger partial charge in [-0.25, -0.2) is 0 Å². The van der Waals surface area contributed by atoms with E-state index in [2.05, 4.69) is 4.98 Å². The summed E-state index contributed by atoms with van der Waals surface area (Å²) in [5, 5.41) is 9.35. The van der Waals surface area contributed by atoms with Crippen LogP contribution in [-0.4, -0.2) is 16.7 Å². The highest BCUT2D eigenvalue weighted by Crippen LogP contribution is 2.34. The van der Waals surface area contributed by atoms with Crippen molar-refractivity contribution in [1.82, 2.24) is 4.98 Å². The predicted molar refractivity (Wildman–Crippen MR) is 60.8 cm³/mol. The molecule has 1 atom stereocenters. The zero-order valence-corrected chi connectivity index (χ0v) is 9.28. The van der Waals surface area contributed by atoms with Gasteiger partial charge in [0, 0.05) is 17.8 Å². The Morgan fingerprint density at radius 2 is 2.00 bits per heavy atom. The molecule has 1 aromatic heterocycles. The van der Waals surface area contributed by atoms with Gasteiger partial charge in [-0.1, -0.05) is 12.1 Å². The molecule has 1 heterocycles. The van der Waals surface area contributed by atoms with Crippen LogP contribution in [0.3, 0.4) is 0 Å². The average molecular weight is 256 g/mol. The first kappa shape index (κ1) is 12.8. The lowest BCUT2D eigenvalue weighted by Gasteiger charge is -2.12. The van der Waals surface area contributed by atoms with Gasteiger partial charge < -0.3 is 10.8 Å². The maximum atomic E-state index is 12.7. The second-order valence-corrected chi connectivity index (χ2v) is 3.95. The van der Waals surface area contributed by atoms with Crippen molar-refractivity contribution < 1.29 is 18.3 Å². The molecule has 3 N–H and O–H groups in total. The van der Waals surface area contributed by atoms with Crippen molar-refractivity contribution in [2.75, 3.05) is 6.61 Å². The first-order valence-corrected chi connectivity index (χ1v) is 5.25. The third-order valence-corrected chi connectivity index (χ3v) is 2.71. The van der Waals surface area contributed by atoms with E-state index in [-0.39, 0.29) is 12.0 Å². The molecule has 96 valence electrons. The van der Waals surface area contributed by atoms with E-state index in [1.165, 1.54) is 24.4 Å². The number of aliphatic hydroxyl groups excluding tert-OH is 1. The molecule has 1 unspecified atom stereocenters. The van der Waals surface area contributed by atoms with E-state index in [0.717, 1.165) is 6.20 Å². The summed E-state index contributed by atoms with van der Waals surface area (Å²) in [6, 6.07) is 3.74. The fourth-order valence-corrected chi connectivity index (χ4v) is 1.76. The number of fused-ring (bicyclic) bond motifs is 1. The van der Waals surface area contributed by atoms with Gasteiger partial charge in [0.15, 0.2) is 0 Å². The number of alkyl halides is 3. The summed E-state index contributed by atoms with van der Waals surface area (Å²) in [5.74, 6) is 0. The van der Waals surface area contributed by atoms with Gasteiger partial charge in [-0.15, -0.1) is 0 Å². The average Bonchev–Trinajstić information content (AvgIpc) is 2.35. The number of pyridine rings is 1. The first-order chi connectivity index (χ1) is 8.43. The topological polar surface area (TPSA) is 59.1 Å². The number of nitrogens with two attached hydrogens (primary N) is 1. The Kier molecular flexibility index (Phi) is 3.23. The van der Waals surface area contributed by atoms with Crippen molar-refractivity contribution in [2.45, 2.75) is 12.2 Å². The minimum atomic E-state index is -4.44. The second kappa shape index (κ2) is 4.55. The Labute approximate surface area is 101 Å². The van der Waals surface area contributed by atoms with E-state index in [1.54, 1.807) is 0 Å². The summed E-state index contributed by atoms with van der Waals surface area (Å²) in [7, 11) is 0. The first-order valence-electron chi connectivity index (χ1n) is 5.25. The third-order valence-electron chi connectivity index (χ3n) is 2.71. The largest absolute Gasteiger partial charge is 0.418 e. The summed E-state index contributed by atoms with van der Waals surface area (Å²) in [4.78, 5) is 3.58. The minimum Gasteiger partial charge on any atom is -0.394 e. The predicted octanol–water partition coefficient (Wildman–Crippen LogP) is 2.25. The number of aromatic nitrogens is 1. The highest BCUT2D eigenvalue weighted by molar-refractivity contribution is 5.85. The zero-order valence-electron chi connectivity index (χ0n) is 9.28. The van der Waals surface area contributed by atoms with Gasteiger partial charge >= 0.3 is 6.18 Å². The maximum absolute atomic E-state index is 12.7. The van der Waals surface area contributed by atoms with Gasteiger partial charge in [0.05, 0.1) is 18.2 Å². The molecule has 0 spiro atoms. The van der Waals surface area contributed by atoms with Gasteiger partial charge in [0.25, 0.3) is 0 Å². The second-order valence-electron chi connectivity index (χ2n) is 3.95. The molecule has 18 heavy (non-hydrogen) atoms. The van der Waals surface area contributed by atoms with E-state index >= 15 is 0 Å². The van der Waals surface area contributed by atoms with Crippen molar-refractivity contribution in [3.05, 3.63) is 41.7 Å². The lowest BCUT2D eigenvalue weighted by Crippen LogP contribution is -2.14. The van der Waals surface area contributed by atoms with Gasteiger partial charge in [0.1, 0.15) is 0 Å². The normalized spacial score (nSPS) is 13.8. The molecular formula is C12H11F3N2O. The Morgan fingerprint density at radius 3 is 2.61 bits per heavy atom. The molecule has 1 aromatic carbocycles. The van der Waals surface area contributed by atoms with Gasteiger partial charge in [-0.3, -0.25) is 4.98 Å². The smallest absolute Gasteiger partial charge is 0.394 e. The van der Waals surface area contributed by atoms with Crippen LogP contribution in [-0.2, 0) is 6.18 Å². The number of benzene rings is 1. The Hall–Kier alpha value is -1.66. The van der Waals surface area contributed by atoms with Crippen LogP contribution in [0, 0.1) is 0 Å². The maximum Gasteiger partial charge on any atom is 0.418 e. The molecule has 0 aliphatic rings. The van der Waals surface area contributed by atoms with Crippen LogP contribution in [0.15, 0.2) is 30.6 Å². The summed E-state index contributed by atoms with van der Waals surface area (Å²) in [6.07, 6.45) is -2.29. The Bertz CT molecular complexity index is 569. The number of nitrogens with zero attached hydrogens (tertiary/aromatic N) is 1. The van der Waals surface area contributed by atoms with Crippen molar-refractivity contribution in [2.24, 2.45) is 5.73 Å². The quantitative estimate of drug-likeness (QED) is 0.866. The number of hydrogen-bond acceptors (Lipinski definition) is 3. The van der Waals surface area contributed by atoms with Gasteiger partial charge in [-0.05, 0) is 17.0 Å². The fraction of sp³-hybridized carbons (Fsp3) is 0.250. The highest BCUT2D eigenvalue weighted by atomic mass is 19.4. The third kappa shape index (κ3) is 2.30. The molecule has 0 saturated heterocycles. The van der Waals surface area contributed by atoms with Crippen LogP contribution in [0.5, 0.6) is 0 Å². The van der Waals surface area contributed by atoms with Crippen LogP contribution < -0.4 is 5.73 Å². The molecule has 0 amide bonds. The van der Waals surface area contributed by atoms with E-state index in [1.807, 2.05) is 0 Å².